The molecule has 0 heterocycles. The molecule has 9 heavy (non-hydrogen) atoms. The Balaban J connectivity index is 2.27. The molecule has 3 aliphatic rings. The summed E-state index contributed by atoms with van der Waals surface area (Å²) in [7, 11) is 0. The van der Waals surface area contributed by atoms with E-state index in [1.54, 1.807) is 0 Å². The van der Waals surface area contributed by atoms with Crippen molar-refractivity contribution >= 4 is 0 Å². The average Bonchev–Trinajstić information content (AvgIpc) is 1.89. The molecule has 1 fully saturated rings. The second-order valence-electron chi connectivity index (χ2n) is 3.91. The number of hydrogen-bond acceptors (Lipinski definition) is 0. The first kappa shape index (κ1) is 5.52. The van der Waals surface area contributed by atoms with Gasteiger partial charge in [-0.15, -0.1) is 0 Å². The number of allylic oxidation sites excluding steroid dienone is 2. The van der Waals surface area contributed by atoms with Crippen LogP contribution in [0.3, 0.4) is 0 Å². The van der Waals surface area contributed by atoms with Crippen molar-refractivity contribution in [3.63, 3.8) is 0 Å². The van der Waals surface area contributed by atoms with Crippen molar-refractivity contribution in [3.05, 3.63) is 12.2 Å². The lowest BCUT2D eigenvalue weighted by Gasteiger charge is -2.53. The largest absolute Gasteiger partial charge is 0.0804 e. The molecule has 3 rings (SSSR count). The van der Waals surface area contributed by atoms with Crippen molar-refractivity contribution in [2.24, 2.45) is 17.3 Å². The molecule has 0 N–H and O–H groups in total. The molecule has 0 saturated heterocycles. The van der Waals surface area contributed by atoms with Gasteiger partial charge in [0.2, 0.25) is 0 Å². The molecule has 2 unspecified atom stereocenters. The maximum absolute atomic E-state index is 3.41. The van der Waals surface area contributed by atoms with E-state index in [-0.39, 0.29) is 0 Å². The van der Waals surface area contributed by atoms with Crippen LogP contribution in [0.2, 0.25) is 0 Å². The molecule has 0 amide bonds. The van der Waals surface area contributed by atoms with Crippen LogP contribution in [0, 0.1) is 23.3 Å². The molecule has 0 aromatic rings. The summed E-state index contributed by atoms with van der Waals surface area (Å²) in [5.41, 5.74) is 0.592. The zero-order chi connectivity index (χ0) is 6.48. The Morgan fingerprint density at radius 1 is 1.56 bits per heavy atom. The Bertz CT molecular complexity index is 153. The summed E-state index contributed by atoms with van der Waals surface area (Å²) < 4.78 is 0. The topological polar surface area (TPSA) is 0 Å². The first-order chi connectivity index (χ1) is 4.21. The highest BCUT2D eigenvalue weighted by Gasteiger charge is 2.47. The Morgan fingerprint density at radius 2 is 2.33 bits per heavy atom. The SMILES string of the molecule is CC1(C)C2[C]=CCC1C2. The molecule has 0 heteroatoms. The maximum Gasteiger partial charge on any atom is -0.0105 e. The van der Waals surface area contributed by atoms with Gasteiger partial charge in [0.1, 0.15) is 0 Å². The number of fused-ring (bicyclic) bond motifs is 1. The van der Waals surface area contributed by atoms with E-state index < -0.39 is 0 Å². The highest BCUT2D eigenvalue weighted by molar-refractivity contribution is 5.08. The van der Waals surface area contributed by atoms with Crippen LogP contribution >= 0.6 is 0 Å². The minimum absolute atomic E-state index is 0.592. The Morgan fingerprint density at radius 3 is 2.56 bits per heavy atom. The van der Waals surface area contributed by atoms with Gasteiger partial charge in [-0.1, -0.05) is 19.9 Å². The molecule has 3 aliphatic carbocycles. The molecule has 0 aromatic heterocycles. The van der Waals surface area contributed by atoms with E-state index in [9.17, 15) is 0 Å². The summed E-state index contributed by atoms with van der Waals surface area (Å²) in [4.78, 5) is 0. The lowest BCUT2D eigenvalue weighted by Crippen LogP contribution is -2.45. The first-order valence-corrected chi connectivity index (χ1v) is 3.79. The highest BCUT2D eigenvalue weighted by Crippen LogP contribution is 2.55. The van der Waals surface area contributed by atoms with Crippen molar-refractivity contribution < 1.29 is 0 Å². The van der Waals surface area contributed by atoms with Crippen LogP contribution in [0.15, 0.2) is 6.08 Å². The summed E-state index contributed by atoms with van der Waals surface area (Å²) in [5, 5.41) is 0. The van der Waals surface area contributed by atoms with Gasteiger partial charge >= 0.3 is 0 Å². The van der Waals surface area contributed by atoms with Crippen molar-refractivity contribution in [3.8, 4) is 0 Å². The highest BCUT2D eigenvalue weighted by atomic mass is 14.5. The van der Waals surface area contributed by atoms with Gasteiger partial charge in [-0.2, -0.15) is 0 Å². The van der Waals surface area contributed by atoms with Crippen molar-refractivity contribution in [1.82, 2.24) is 0 Å². The van der Waals surface area contributed by atoms with Gasteiger partial charge in [0.15, 0.2) is 0 Å². The molecule has 0 aromatic carbocycles. The smallest absolute Gasteiger partial charge is 0.0105 e. The van der Waals surface area contributed by atoms with Crippen LogP contribution in [0.5, 0.6) is 0 Å². The van der Waals surface area contributed by atoms with E-state index in [1.807, 2.05) is 0 Å². The van der Waals surface area contributed by atoms with Gasteiger partial charge in [0.25, 0.3) is 0 Å². The van der Waals surface area contributed by atoms with E-state index >= 15 is 0 Å². The summed E-state index contributed by atoms with van der Waals surface area (Å²) in [6, 6.07) is 0. The van der Waals surface area contributed by atoms with Crippen molar-refractivity contribution in [1.29, 1.82) is 0 Å². The zero-order valence-electron chi connectivity index (χ0n) is 6.15. The number of hydrogen-bond donors (Lipinski definition) is 0. The van der Waals surface area contributed by atoms with E-state index in [1.165, 1.54) is 12.8 Å². The van der Waals surface area contributed by atoms with Gasteiger partial charge in [-0.3, -0.25) is 0 Å². The molecule has 1 saturated carbocycles. The van der Waals surface area contributed by atoms with Crippen LogP contribution < -0.4 is 0 Å². The van der Waals surface area contributed by atoms with E-state index in [0.29, 0.717) is 5.41 Å². The van der Waals surface area contributed by atoms with Crippen molar-refractivity contribution in [2.45, 2.75) is 26.7 Å². The molecule has 2 atom stereocenters. The van der Waals surface area contributed by atoms with Gasteiger partial charge in [-0.05, 0) is 36.2 Å². The summed E-state index contributed by atoms with van der Waals surface area (Å²) in [6.45, 7) is 4.73. The van der Waals surface area contributed by atoms with Gasteiger partial charge in [0.05, 0.1) is 0 Å². The lowest BCUT2D eigenvalue weighted by atomic mass is 9.51. The Hall–Kier alpha value is -0.260. The molecule has 0 nitrogen and oxygen atoms in total. The van der Waals surface area contributed by atoms with E-state index in [4.69, 9.17) is 0 Å². The summed E-state index contributed by atoms with van der Waals surface area (Å²) >= 11 is 0. The molecule has 2 bridgehead atoms. The summed E-state index contributed by atoms with van der Waals surface area (Å²) in [5.74, 6) is 1.76. The molecule has 1 radical (unpaired) electrons. The van der Waals surface area contributed by atoms with Crippen LogP contribution in [0.4, 0.5) is 0 Å². The number of rotatable bonds is 0. The standard InChI is InChI=1S/C9H13/c1-9(2)7-4-3-5-8(9)6-7/h3,7-8H,4,6H2,1-2H3. The predicted molar refractivity (Wildman–Crippen MR) is 37.8 cm³/mol. The summed E-state index contributed by atoms with van der Waals surface area (Å²) in [6.07, 6.45) is 8.33. The molecule has 0 spiro atoms. The fourth-order valence-corrected chi connectivity index (χ4v) is 2.05. The third kappa shape index (κ3) is 0.540. The van der Waals surface area contributed by atoms with Crippen LogP contribution in [-0.2, 0) is 0 Å². The molecule has 49 valence electrons. The maximum atomic E-state index is 3.41. The van der Waals surface area contributed by atoms with Gasteiger partial charge in [-0.25, -0.2) is 0 Å². The third-order valence-corrected chi connectivity index (χ3v) is 3.19. The van der Waals surface area contributed by atoms with Gasteiger partial charge < -0.3 is 0 Å². The zero-order valence-corrected chi connectivity index (χ0v) is 6.15. The van der Waals surface area contributed by atoms with Crippen LogP contribution in [0.1, 0.15) is 26.7 Å². The van der Waals surface area contributed by atoms with Crippen molar-refractivity contribution in [2.75, 3.05) is 0 Å². The normalized spacial score (nSPS) is 44.2. The van der Waals surface area contributed by atoms with E-state index in [0.717, 1.165) is 11.8 Å². The fourth-order valence-electron chi connectivity index (χ4n) is 2.05. The predicted octanol–water partition coefficient (Wildman–Crippen LogP) is 2.41. The molecular formula is C9H13. The Kier molecular flexibility index (Phi) is 0.870. The minimum atomic E-state index is 0.592. The lowest BCUT2D eigenvalue weighted by molar-refractivity contribution is -0.00265. The second-order valence-corrected chi connectivity index (χ2v) is 3.91. The monoisotopic (exact) mass is 121 g/mol. The van der Waals surface area contributed by atoms with Crippen LogP contribution in [-0.4, -0.2) is 0 Å². The minimum Gasteiger partial charge on any atom is -0.0804 e. The first-order valence-electron chi connectivity index (χ1n) is 3.79. The molecular weight excluding hydrogens is 108 g/mol. The van der Waals surface area contributed by atoms with Gasteiger partial charge in [0, 0.05) is 0 Å². The molecule has 0 aliphatic heterocycles. The van der Waals surface area contributed by atoms with Crippen LogP contribution in [0.25, 0.3) is 0 Å². The fraction of sp³-hybridized carbons (Fsp3) is 0.778. The Labute approximate surface area is 57.0 Å². The quantitative estimate of drug-likeness (QED) is 0.461. The van der Waals surface area contributed by atoms with E-state index in [2.05, 4.69) is 26.0 Å². The third-order valence-electron chi connectivity index (χ3n) is 3.19. The average molecular weight is 121 g/mol. The second kappa shape index (κ2) is 1.42.